The minimum Gasteiger partial charge on any atom is -0.461 e. The lowest BCUT2D eigenvalue weighted by Gasteiger charge is -2.18. The molecule has 0 saturated carbocycles. The molecule has 7 nitrogen and oxygen atoms in total. The number of ether oxygens (including phenoxy) is 2. The number of carbonyl (C=O) groups is 2. The number of esters is 1. The predicted octanol–water partition coefficient (Wildman–Crippen LogP) is 2.21. The summed E-state index contributed by atoms with van der Waals surface area (Å²) in [4.78, 5) is 25.5. The number of hydrogen-bond acceptors (Lipinski definition) is 5. The summed E-state index contributed by atoms with van der Waals surface area (Å²) in [5.41, 5.74) is 2.44. The zero-order valence-electron chi connectivity index (χ0n) is 12.5. The minimum atomic E-state index is -0.498. The fraction of sp³-hybridized carbons (Fsp3) is 0.312. The van der Waals surface area contributed by atoms with Crippen molar-refractivity contribution in [3.63, 3.8) is 0 Å². The molecule has 118 valence electrons. The average Bonchev–Trinajstić information content (AvgIpc) is 3.20. The number of rotatable bonds is 3. The number of amides is 1. The second-order valence-corrected chi connectivity index (χ2v) is 5.50. The van der Waals surface area contributed by atoms with Gasteiger partial charge in [-0.1, -0.05) is 24.3 Å². The van der Waals surface area contributed by atoms with E-state index >= 15 is 0 Å². The van der Waals surface area contributed by atoms with Gasteiger partial charge in [0.25, 0.3) is 0 Å². The van der Waals surface area contributed by atoms with Gasteiger partial charge < -0.3 is 9.47 Å². The molecule has 7 heteroatoms. The SMILES string of the molecule is CCOC(=O)c1cc(N2C(=O)O[C@@H]3Cc4ccccc4[C@@H]32)n[nH]1. The number of aromatic amines is 1. The van der Waals surface area contributed by atoms with Crippen LogP contribution in [-0.4, -0.2) is 35.0 Å². The van der Waals surface area contributed by atoms with E-state index in [1.54, 1.807) is 6.92 Å². The smallest absolute Gasteiger partial charge is 0.416 e. The van der Waals surface area contributed by atoms with Gasteiger partial charge in [0.2, 0.25) is 0 Å². The maximum absolute atomic E-state index is 12.2. The summed E-state index contributed by atoms with van der Waals surface area (Å²) in [7, 11) is 0. The second-order valence-electron chi connectivity index (χ2n) is 5.50. The number of carbonyl (C=O) groups excluding carboxylic acids is 2. The van der Waals surface area contributed by atoms with Gasteiger partial charge in [0.05, 0.1) is 6.61 Å². The van der Waals surface area contributed by atoms with E-state index in [2.05, 4.69) is 10.2 Å². The number of benzene rings is 1. The Bertz CT molecular complexity index is 785. The molecule has 1 aliphatic heterocycles. The molecule has 1 aromatic carbocycles. The molecule has 1 aliphatic carbocycles. The Balaban J connectivity index is 1.69. The van der Waals surface area contributed by atoms with Crippen molar-refractivity contribution in [1.82, 2.24) is 10.2 Å². The summed E-state index contributed by atoms with van der Waals surface area (Å²) in [6.07, 6.45) is 0.0252. The molecule has 2 atom stereocenters. The van der Waals surface area contributed by atoms with Gasteiger partial charge >= 0.3 is 12.1 Å². The van der Waals surface area contributed by atoms with Crippen LogP contribution < -0.4 is 4.90 Å². The van der Waals surface area contributed by atoms with Crippen LogP contribution in [0.25, 0.3) is 0 Å². The van der Waals surface area contributed by atoms with Gasteiger partial charge in [-0.05, 0) is 18.1 Å². The lowest BCUT2D eigenvalue weighted by molar-refractivity contribution is 0.0519. The highest BCUT2D eigenvalue weighted by molar-refractivity contribution is 5.93. The molecule has 0 unspecified atom stereocenters. The molecule has 4 rings (SSSR count). The van der Waals surface area contributed by atoms with E-state index in [0.29, 0.717) is 12.2 Å². The predicted molar refractivity (Wildman–Crippen MR) is 80.2 cm³/mol. The van der Waals surface area contributed by atoms with Gasteiger partial charge in [-0.15, -0.1) is 0 Å². The highest BCUT2D eigenvalue weighted by Crippen LogP contribution is 2.44. The number of hydrogen-bond donors (Lipinski definition) is 1. The molecule has 1 aromatic heterocycles. The summed E-state index contributed by atoms with van der Waals surface area (Å²) >= 11 is 0. The van der Waals surface area contributed by atoms with E-state index in [0.717, 1.165) is 5.56 Å². The fourth-order valence-electron chi connectivity index (χ4n) is 3.23. The first-order valence-electron chi connectivity index (χ1n) is 7.49. The lowest BCUT2D eigenvalue weighted by atomic mass is 10.1. The molecule has 2 aromatic rings. The van der Waals surface area contributed by atoms with Crippen molar-refractivity contribution < 1.29 is 19.1 Å². The number of nitrogens with one attached hydrogen (secondary N) is 1. The summed E-state index contributed by atoms with van der Waals surface area (Å²) in [6.45, 7) is 2.00. The fourth-order valence-corrected chi connectivity index (χ4v) is 3.23. The Morgan fingerprint density at radius 3 is 3.13 bits per heavy atom. The zero-order chi connectivity index (χ0) is 16.0. The molecule has 1 saturated heterocycles. The summed E-state index contributed by atoms with van der Waals surface area (Å²) in [5, 5.41) is 6.70. The first kappa shape index (κ1) is 13.8. The third-order valence-corrected chi connectivity index (χ3v) is 4.18. The standard InChI is InChI=1S/C16H15N3O4/c1-2-22-15(20)11-8-13(18-17-11)19-14-10-6-4-3-5-9(10)7-12(14)23-16(19)21/h3-6,8,12,14H,2,7H2,1H3,(H,17,18)/t12-,14+/m1/s1. The quantitative estimate of drug-likeness (QED) is 0.878. The van der Waals surface area contributed by atoms with Crippen molar-refractivity contribution in [1.29, 1.82) is 0 Å². The van der Waals surface area contributed by atoms with Crippen molar-refractivity contribution in [2.75, 3.05) is 11.5 Å². The highest BCUT2D eigenvalue weighted by atomic mass is 16.6. The highest BCUT2D eigenvalue weighted by Gasteiger charge is 2.49. The molecule has 2 aliphatic rings. The maximum atomic E-state index is 12.2. The molecular weight excluding hydrogens is 298 g/mol. The summed E-state index contributed by atoms with van der Waals surface area (Å²) in [5.74, 6) is -0.135. The first-order valence-corrected chi connectivity index (χ1v) is 7.49. The molecule has 0 bridgehead atoms. The van der Waals surface area contributed by atoms with Crippen molar-refractivity contribution in [2.24, 2.45) is 0 Å². The van der Waals surface area contributed by atoms with Crippen molar-refractivity contribution in [2.45, 2.75) is 25.5 Å². The van der Waals surface area contributed by atoms with Crippen molar-refractivity contribution in [3.8, 4) is 0 Å². The molecule has 1 N–H and O–H groups in total. The van der Waals surface area contributed by atoms with Crippen molar-refractivity contribution in [3.05, 3.63) is 47.2 Å². The van der Waals surface area contributed by atoms with Crippen LogP contribution in [0.5, 0.6) is 0 Å². The van der Waals surface area contributed by atoms with Crippen LogP contribution >= 0.6 is 0 Å². The lowest BCUT2D eigenvalue weighted by Crippen LogP contribution is -2.27. The molecule has 0 radical (unpaired) electrons. The monoisotopic (exact) mass is 313 g/mol. The van der Waals surface area contributed by atoms with Crippen LogP contribution in [0.15, 0.2) is 30.3 Å². The number of H-pyrrole nitrogens is 1. The topological polar surface area (TPSA) is 84.5 Å². The minimum absolute atomic E-state index is 0.211. The Labute approximate surface area is 132 Å². The normalized spacial score (nSPS) is 21.8. The molecule has 1 fully saturated rings. The summed E-state index contributed by atoms with van der Waals surface area (Å²) < 4.78 is 10.4. The Hall–Kier alpha value is -2.83. The van der Waals surface area contributed by atoms with Gasteiger partial charge in [-0.25, -0.2) is 14.5 Å². The van der Waals surface area contributed by atoms with E-state index in [4.69, 9.17) is 9.47 Å². The molecular formula is C16H15N3O4. The van der Waals surface area contributed by atoms with E-state index in [-0.39, 0.29) is 24.4 Å². The van der Waals surface area contributed by atoms with E-state index < -0.39 is 12.1 Å². The number of aromatic nitrogens is 2. The van der Waals surface area contributed by atoms with Gasteiger partial charge in [0.1, 0.15) is 17.8 Å². The van der Waals surface area contributed by atoms with Crippen LogP contribution in [0, 0.1) is 0 Å². The molecule has 2 heterocycles. The van der Waals surface area contributed by atoms with Gasteiger partial charge in [-0.3, -0.25) is 5.10 Å². The van der Waals surface area contributed by atoms with Crippen molar-refractivity contribution >= 4 is 17.9 Å². The van der Waals surface area contributed by atoms with Crippen LogP contribution in [0.4, 0.5) is 10.6 Å². The molecule has 0 spiro atoms. The van der Waals surface area contributed by atoms with E-state index in [1.165, 1.54) is 16.5 Å². The average molecular weight is 313 g/mol. The Kier molecular flexibility index (Phi) is 3.07. The zero-order valence-corrected chi connectivity index (χ0v) is 12.5. The third kappa shape index (κ3) is 2.08. The van der Waals surface area contributed by atoms with Crippen LogP contribution in [0.2, 0.25) is 0 Å². The van der Waals surface area contributed by atoms with E-state index in [9.17, 15) is 9.59 Å². The largest absolute Gasteiger partial charge is 0.461 e. The number of nitrogens with zero attached hydrogens (tertiary/aromatic N) is 2. The third-order valence-electron chi connectivity index (χ3n) is 4.18. The van der Waals surface area contributed by atoms with Gasteiger partial charge in [-0.2, -0.15) is 5.10 Å². The number of anilines is 1. The number of fused-ring (bicyclic) bond motifs is 3. The molecule has 1 amide bonds. The van der Waals surface area contributed by atoms with Gasteiger partial charge in [0.15, 0.2) is 5.82 Å². The first-order chi connectivity index (χ1) is 11.2. The second kappa shape index (κ2) is 5.12. The van der Waals surface area contributed by atoms with E-state index in [1.807, 2.05) is 24.3 Å². The van der Waals surface area contributed by atoms with Crippen LogP contribution in [0.1, 0.15) is 34.6 Å². The Morgan fingerprint density at radius 1 is 1.48 bits per heavy atom. The maximum Gasteiger partial charge on any atom is 0.416 e. The Morgan fingerprint density at radius 2 is 2.30 bits per heavy atom. The van der Waals surface area contributed by atoms with Gasteiger partial charge in [0, 0.05) is 12.5 Å². The molecule has 23 heavy (non-hydrogen) atoms. The van der Waals surface area contributed by atoms with Crippen LogP contribution in [0.3, 0.4) is 0 Å². The van der Waals surface area contributed by atoms with Crippen LogP contribution in [-0.2, 0) is 15.9 Å². The summed E-state index contributed by atoms with van der Waals surface area (Å²) in [6, 6.07) is 9.25.